The fraction of sp³-hybridized carbons (Fsp3) is 0.500. The number of hydrogen-bond acceptors (Lipinski definition) is 10. The minimum atomic E-state index is -3.96. The lowest BCUT2D eigenvalue weighted by atomic mass is 10.1. The molecular formula is C28H39F3N6O3S. The Morgan fingerprint density at radius 1 is 1.34 bits per heavy atom. The summed E-state index contributed by atoms with van der Waals surface area (Å²) in [7, 11) is 3.36. The number of terminal acetylenes is 1. The summed E-state index contributed by atoms with van der Waals surface area (Å²) in [4.78, 5) is 23.2. The Kier molecular flexibility index (Phi) is 16.3. The third-order valence-electron chi connectivity index (χ3n) is 5.31. The van der Waals surface area contributed by atoms with Crippen LogP contribution >= 0.6 is 11.8 Å². The quantitative estimate of drug-likeness (QED) is 0.187. The van der Waals surface area contributed by atoms with Gasteiger partial charge >= 0.3 is 6.18 Å². The number of ether oxygens (including phenoxy) is 2. The maximum Gasteiger partial charge on any atom is 0.388 e. The molecule has 9 nitrogen and oxygen atoms in total. The SMILES string of the molecule is C#CC(C)S/C(=C(\C)Oc1ccc(NC)nc1OC)c1ccnc(NC2CCCNC2)n1.CC=O.CCC(F)(F)F. The number of thioether (sulfide) groups is 1. The molecule has 2 aromatic heterocycles. The fourth-order valence-corrected chi connectivity index (χ4v) is 4.11. The van der Waals surface area contributed by atoms with E-state index >= 15 is 0 Å². The molecule has 0 saturated carbocycles. The smallest absolute Gasteiger partial charge is 0.388 e. The lowest BCUT2D eigenvalue weighted by molar-refractivity contribution is -0.130. The first-order chi connectivity index (χ1) is 19.5. The number of pyridine rings is 1. The Labute approximate surface area is 244 Å². The standard InChI is InChI=1S/C23H30N6O2S.C3H5F3.C2H4O/c1-6-15(2)32-21(16(3)31-19-9-10-20(24-4)29-22(19)30-5)18-11-13-26-23(28-18)27-17-8-7-12-25-14-17;1-2-3(4,5)6;1-2-3/h1,9-11,13,15,17,25H,7-8,12,14H2,2-5H3,(H,24,29)(H,26,27,28);2H2,1H3;2H,1H3/b21-16+;;. The molecule has 1 saturated heterocycles. The van der Waals surface area contributed by atoms with Crippen LogP contribution in [0.1, 0.15) is 52.7 Å². The lowest BCUT2D eigenvalue weighted by Crippen LogP contribution is -2.38. The average molecular weight is 597 g/mol. The summed E-state index contributed by atoms with van der Waals surface area (Å²) < 4.78 is 43.9. The molecule has 41 heavy (non-hydrogen) atoms. The molecule has 2 unspecified atom stereocenters. The van der Waals surface area contributed by atoms with E-state index in [2.05, 4.69) is 31.8 Å². The molecule has 3 rings (SSSR count). The molecule has 0 spiro atoms. The molecule has 0 radical (unpaired) electrons. The number of anilines is 2. The van der Waals surface area contributed by atoms with Crippen molar-refractivity contribution in [2.45, 2.75) is 64.4 Å². The summed E-state index contributed by atoms with van der Waals surface area (Å²) >= 11 is 1.52. The van der Waals surface area contributed by atoms with E-state index in [4.69, 9.17) is 25.7 Å². The highest BCUT2D eigenvalue weighted by Crippen LogP contribution is 2.36. The summed E-state index contributed by atoms with van der Waals surface area (Å²) in [5.41, 5.74) is 0.745. The topological polar surface area (TPSA) is 110 Å². The van der Waals surface area contributed by atoms with E-state index in [1.165, 1.54) is 18.7 Å². The van der Waals surface area contributed by atoms with Gasteiger partial charge in [-0.25, -0.2) is 9.97 Å². The summed E-state index contributed by atoms with van der Waals surface area (Å²) in [6.45, 7) is 8.33. The Bertz CT molecular complexity index is 1150. The zero-order chi connectivity index (χ0) is 30.8. The largest absolute Gasteiger partial charge is 0.478 e. The third-order valence-corrected chi connectivity index (χ3v) is 6.53. The molecular weight excluding hydrogens is 557 g/mol. The van der Waals surface area contributed by atoms with Crippen LogP contribution in [0.4, 0.5) is 24.9 Å². The molecule has 2 atom stereocenters. The Morgan fingerprint density at radius 3 is 2.56 bits per heavy atom. The Balaban J connectivity index is 0.000000815. The van der Waals surface area contributed by atoms with Crippen molar-refractivity contribution in [1.82, 2.24) is 20.3 Å². The zero-order valence-electron chi connectivity index (χ0n) is 24.3. The minimum Gasteiger partial charge on any atom is -0.478 e. The fourth-order valence-electron chi connectivity index (χ4n) is 3.25. The molecule has 1 fully saturated rings. The van der Waals surface area contributed by atoms with Gasteiger partial charge in [0.25, 0.3) is 5.88 Å². The van der Waals surface area contributed by atoms with Gasteiger partial charge in [-0.15, -0.1) is 18.2 Å². The maximum absolute atomic E-state index is 10.8. The number of alkyl halides is 3. The van der Waals surface area contributed by atoms with Gasteiger partial charge < -0.3 is 30.2 Å². The van der Waals surface area contributed by atoms with Crippen molar-refractivity contribution in [1.29, 1.82) is 0 Å². The lowest BCUT2D eigenvalue weighted by Gasteiger charge is -2.24. The highest BCUT2D eigenvalue weighted by atomic mass is 32.2. The average Bonchev–Trinajstić information content (AvgIpc) is 2.97. The number of aromatic nitrogens is 3. The van der Waals surface area contributed by atoms with Crippen molar-refractivity contribution in [3.63, 3.8) is 0 Å². The van der Waals surface area contributed by atoms with E-state index in [-0.39, 0.29) is 5.25 Å². The zero-order valence-corrected chi connectivity index (χ0v) is 25.1. The van der Waals surface area contributed by atoms with Crippen molar-refractivity contribution in [2.75, 3.05) is 37.9 Å². The van der Waals surface area contributed by atoms with Crippen LogP contribution in [0.5, 0.6) is 11.6 Å². The van der Waals surface area contributed by atoms with Crippen molar-refractivity contribution < 1.29 is 27.4 Å². The number of nitrogens with one attached hydrogen (secondary N) is 3. The van der Waals surface area contributed by atoms with Gasteiger partial charge in [0, 0.05) is 32.3 Å². The number of carbonyl (C=O) groups excluding carboxylic acids is 1. The molecule has 13 heteroatoms. The van der Waals surface area contributed by atoms with Crippen molar-refractivity contribution in [2.24, 2.45) is 0 Å². The predicted octanol–water partition coefficient (Wildman–Crippen LogP) is 5.77. The van der Waals surface area contributed by atoms with Crippen molar-refractivity contribution in [3.05, 3.63) is 35.8 Å². The van der Waals surface area contributed by atoms with E-state index in [1.54, 1.807) is 20.4 Å². The molecule has 1 aliphatic rings. The number of allylic oxidation sites excluding steroid dienone is 1. The highest BCUT2D eigenvalue weighted by molar-refractivity contribution is 8.09. The van der Waals surface area contributed by atoms with Gasteiger partial charge in [0.2, 0.25) is 5.95 Å². The van der Waals surface area contributed by atoms with Gasteiger partial charge in [-0.3, -0.25) is 0 Å². The minimum absolute atomic E-state index is 0.0656. The first-order valence-electron chi connectivity index (χ1n) is 13.0. The van der Waals surface area contributed by atoms with Crippen LogP contribution in [0, 0.1) is 12.3 Å². The second kappa shape index (κ2) is 18.8. The number of piperidine rings is 1. The van der Waals surface area contributed by atoms with Gasteiger partial charge in [0.1, 0.15) is 17.9 Å². The van der Waals surface area contributed by atoms with Crippen LogP contribution < -0.4 is 25.4 Å². The Hall–Kier alpha value is -3.50. The second-order valence-corrected chi connectivity index (χ2v) is 9.88. The number of halogens is 3. The first kappa shape index (κ1) is 35.5. The van der Waals surface area contributed by atoms with Gasteiger partial charge in [-0.1, -0.05) is 12.8 Å². The molecule has 0 aromatic carbocycles. The third kappa shape index (κ3) is 13.6. The van der Waals surface area contributed by atoms with Crippen LogP contribution in [0.15, 0.2) is 30.2 Å². The molecule has 3 heterocycles. The van der Waals surface area contributed by atoms with Crippen LogP contribution in [0.25, 0.3) is 4.91 Å². The number of methoxy groups -OCH3 is 1. The van der Waals surface area contributed by atoms with Gasteiger partial charge in [-0.05, 0) is 58.4 Å². The van der Waals surface area contributed by atoms with Crippen molar-refractivity contribution in [3.8, 4) is 24.0 Å². The van der Waals surface area contributed by atoms with Crippen LogP contribution in [0.2, 0.25) is 0 Å². The summed E-state index contributed by atoms with van der Waals surface area (Å²) in [5, 5.41) is 9.75. The number of aldehydes is 1. The number of hydrogen-bond donors (Lipinski definition) is 3. The molecule has 3 N–H and O–H groups in total. The van der Waals surface area contributed by atoms with Gasteiger partial charge in [0.05, 0.1) is 23.0 Å². The monoisotopic (exact) mass is 596 g/mol. The number of nitrogens with zero attached hydrogens (tertiary/aromatic N) is 3. The molecule has 0 aliphatic carbocycles. The second-order valence-electron chi connectivity index (χ2n) is 8.53. The molecule has 226 valence electrons. The molecule has 0 bridgehead atoms. The van der Waals surface area contributed by atoms with Gasteiger partial charge in [-0.2, -0.15) is 18.2 Å². The van der Waals surface area contributed by atoms with Crippen LogP contribution in [-0.2, 0) is 4.79 Å². The summed E-state index contributed by atoms with van der Waals surface area (Å²) in [6.07, 6.45) is 5.69. The Morgan fingerprint density at radius 2 is 2.02 bits per heavy atom. The first-order valence-corrected chi connectivity index (χ1v) is 13.9. The van der Waals surface area contributed by atoms with E-state index in [9.17, 15) is 13.2 Å². The van der Waals surface area contributed by atoms with E-state index in [0.29, 0.717) is 35.2 Å². The normalized spacial score (nSPS) is 15.8. The number of rotatable bonds is 9. The predicted molar refractivity (Wildman–Crippen MR) is 159 cm³/mol. The summed E-state index contributed by atoms with van der Waals surface area (Å²) in [6, 6.07) is 5.81. The summed E-state index contributed by atoms with van der Waals surface area (Å²) in [5.74, 6) is 5.59. The highest BCUT2D eigenvalue weighted by Gasteiger charge is 2.22. The number of carbonyl (C=O) groups is 1. The van der Waals surface area contributed by atoms with E-state index in [1.807, 2.05) is 32.0 Å². The molecule has 2 aromatic rings. The maximum atomic E-state index is 10.8. The van der Waals surface area contributed by atoms with E-state index in [0.717, 1.165) is 49.7 Å². The van der Waals surface area contributed by atoms with E-state index < -0.39 is 12.6 Å². The molecule has 1 aliphatic heterocycles. The van der Waals surface area contributed by atoms with Crippen LogP contribution in [0.3, 0.4) is 0 Å². The van der Waals surface area contributed by atoms with Crippen LogP contribution in [-0.4, -0.2) is 66.0 Å². The van der Waals surface area contributed by atoms with Crippen molar-refractivity contribution >= 4 is 34.7 Å². The molecule has 0 amide bonds. The van der Waals surface area contributed by atoms with Gasteiger partial charge in [0.15, 0.2) is 5.75 Å².